The maximum atomic E-state index is 2.37. The molecule has 1 heterocycles. The second-order valence-electron chi connectivity index (χ2n) is 3.57. The Labute approximate surface area is 94.7 Å². The summed E-state index contributed by atoms with van der Waals surface area (Å²) in [4.78, 5) is 4.58. The van der Waals surface area contributed by atoms with E-state index in [0.29, 0.717) is 0 Å². The smallest absolute Gasteiger partial charge is 0.0890 e. The molecule has 1 aliphatic rings. The molecule has 0 atom stereocenters. The Bertz CT molecular complexity index is 148. The van der Waals surface area contributed by atoms with Gasteiger partial charge in [0.05, 0.1) is 6.67 Å². The summed E-state index contributed by atoms with van der Waals surface area (Å²) >= 11 is 0. The number of hydrogen-bond donors (Lipinski definition) is 0. The third kappa shape index (κ3) is 5.30. The number of hydrogen-bond acceptors (Lipinski definition) is 2. The molecule has 1 rings (SSSR count). The van der Waals surface area contributed by atoms with E-state index in [1.54, 1.807) is 0 Å². The average molecular weight is 234 g/mol. The van der Waals surface area contributed by atoms with Crippen LogP contribution in [0, 0.1) is 0 Å². The standard InChI is InChI=1S/C10H20N2.Zn/c1-3-4-5-6-7-12-9-8-11(2)10-12;/h8-9H,3-7,10H2,1-2H3;. The van der Waals surface area contributed by atoms with Crippen LogP contribution in [0.2, 0.25) is 0 Å². The Hall–Kier alpha value is -0.0366. The summed E-state index contributed by atoms with van der Waals surface area (Å²) in [7, 11) is 2.11. The molecular formula is C10H20N2Zn. The zero-order valence-corrected chi connectivity index (χ0v) is 12.0. The van der Waals surface area contributed by atoms with E-state index in [0.717, 1.165) is 6.67 Å². The Balaban J connectivity index is 0.00000144. The van der Waals surface area contributed by atoms with Crippen molar-refractivity contribution in [2.75, 3.05) is 20.3 Å². The molecule has 0 aromatic heterocycles. The van der Waals surface area contributed by atoms with Crippen molar-refractivity contribution >= 4 is 0 Å². The molecule has 1 aliphatic heterocycles. The molecule has 0 saturated heterocycles. The Morgan fingerprint density at radius 2 is 1.92 bits per heavy atom. The van der Waals surface area contributed by atoms with Crippen LogP contribution in [0.1, 0.15) is 32.6 Å². The molecule has 0 radical (unpaired) electrons. The molecule has 0 aromatic carbocycles. The van der Waals surface area contributed by atoms with Crippen molar-refractivity contribution in [3.05, 3.63) is 12.4 Å². The summed E-state index contributed by atoms with van der Waals surface area (Å²) in [6.07, 6.45) is 9.76. The topological polar surface area (TPSA) is 6.48 Å². The van der Waals surface area contributed by atoms with Crippen LogP contribution in [-0.2, 0) is 19.5 Å². The molecule has 0 spiro atoms. The molecular weight excluding hydrogens is 214 g/mol. The maximum Gasteiger partial charge on any atom is 0.0890 e. The van der Waals surface area contributed by atoms with E-state index < -0.39 is 0 Å². The van der Waals surface area contributed by atoms with Gasteiger partial charge in [0.25, 0.3) is 0 Å². The summed E-state index contributed by atoms with van der Waals surface area (Å²) in [6, 6.07) is 0. The molecule has 0 amide bonds. The van der Waals surface area contributed by atoms with Gasteiger partial charge in [-0.25, -0.2) is 0 Å². The molecule has 0 fully saturated rings. The van der Waals surface area contributed by atoms with Crippen molar-refractivity contribution in [3.8, 4) is 0 Å². The van der Waals surface area contributed by atoms with Gasteiger partial charge in [0.2, 0.25) is 0 Å². The van der Waals surface area contributed by atoms with Crippen LogP contribution in [0.15, 0.2) is 12.4 Å². The molecule has 2 nitrogen and oxygen atoms in total. The zero-order valence-electron chi connectivity index (χ0n) is 9.00. The first-order valence-corrected chi connectivity index (χ1v) is 4.95. The molecule has 0 bridgehead atoms. The van der Waals surface area contributed by atoms with Crippen molar-refractivity contribution in [2.24, 2.45) is 0 Å². The van der Waals surface area contributed by atoms with Gasteiger partial charge < -0.3 is 9.80 Å². The molecule has 0 unspecified atom stereocenters. The first-order valence-electron chi connectivity index (χ1n) is 4.95. The predicted octanol–water partition coefficient (Wildman–Crippen LogP) is 2.24. The number of unbranched alkanes of at least 4 members (excludes halogenated alkanes) is 3. The Morgan fingerprint density at radius 1 is 1.15 bits per heavy atom. The van der Waals surface area contributed by atoms with Crippen molar-refractivity contribution in [2.45, 2.75) is 32.6 Å². The van der Waals surface area contributed by atoms with Gasteiger partial charge in [-0.1, -0.05) is 26.2 Å². The van der Waals surface area contributed by atoms with Crippen molar-refractivity contribution < 1.29 is 19.5 Å². The molecule has 72 valence electrons. The fourth-order valence-corrected chi connectivity index (χ4v) is 1.48. The van der Waals surface area contributed by atoms with Crippen LogP contribution >= 0.6 is 0 Å². The molecule has 0 N–H and O–H groups in total. The van der Waals surface area contributed by atoms with E-state index in [2.05, 4.69) is 36.2 Å². The van der Waals surface area contributed by atoms with Gasteiger partial charge in [0.1, 0.15) is 0 Å². The minimum Gasteiger partial charge on any atom is -0.362 e. The summed E-state index contributed by atoms with van der Waals surface area (Å²) in [5.41, 5.74) is 0. The monoisotopic (exact) mass is 232 g/mol. The summed E-state index contributed by atoms with van der Waals surface area (Å²) in [5, 5.41) is 0. The Kier molecular flexibility index (Phi) is 7.35. The van der Waals surface area contributed by atoms with Gasteiger partial charge in [0.15, 0.2) is 0 Å². The van der Waals surface area contributed by atoms with Gasteiger partial charge in [-0.2, -0.15) is 0 Å². The van der Waals surface area contributed by atoms with Crippen molar-refractivity contribution in [1.29, 1.82) is 0 Å². The third-order valence-electron chi connectivity index (χ3n) is 2.24. The second-order valence-corrected chi connectivity index (χ2v) is 3.57. The van der Waals surface area contributed by atoms with E-state index in [-0.39, 0.29) is 19.5 Å². The molecule has 13 heavy (non-hydrogen) atoms. The van der Waals surface area contributed by atoms with Crippen molar-refractivity contribution in [3.63, 3.8) is 0 Å². The quantitative estimate of drug-likeness (QED) is 0.531. The largest absolute Gasteiger partial charge is 0.362 e. The summed E-state index contributed by atoms with van der Waals surface area (Å²) < 4.78 is 0. The normalized spacial score (nSPS) is 14.9. The fourth-order valence-electron chi connectivity index (χ4n) is 1.48. The van der Waals surface area contributed by atoms with E-state index in [4.69, 9.17) is 0 Å². The van der Waals surface area contributed by atoms with Crippen LogP contribution < -0.4 is 0 Å². The minimum atomic E-state index is 0. The Morgan fingerprint density at radius 3 is 2.46 bits per heavy atom. The fraction of sp³-hybridized carbons (Fsp3) is 0.800. The van der Waals surface area contributed by atoms with Crippen LogP contribution in [0.5, 0.6) is 0 Å². The van der Waals surface area contributed by atoms with Gasteiger partial charge in [-0.3, -0.25) is 0 Å². The van der Waals surface area contributed by atoms with Crippen LogP contribution in [0.4, 0.5) is 0 Å². The van der Waals surface area contributed by atoms with E-state index in [9.17, 15) is 0 Å². The minimum absolute atomic E-state index is 0. The van der Waals surface area contributed by atoms with Gasteiger partial charge in [-0.15, -0.1) is 0 Å². The van der Waals surface area contributed by atoms with Crippen LogP contribution in [-0.4, -0.2) is 30.1 Å². The van der Waals surface area contributed by atoms with Gasteiger partial charge >= 0.3 is 0 Å². The maximum absolute atomic E-state index is 2.37. The number of rotatable bonds is 5. The summed E-state index contributed by atoms with van der Waals surface area (Å²) in [6.45, 7) is 4.55. The molecule has 3 heteroatoms. The first-order chi connectivity index (χ1) is 5.83. The van der Waals surface area contributed by atoms with Crippen LogP contribution in [0.25, 0.3) is 0 Å². The predicted molar refractivity (Wildman–Crippen MR) is 52.6 cm³/mol. The summed E-state index contributed by atoms with van der Waals surface area (Å²) in [5.74, 6) is 0. The average Bonchev–Trinajstić information content (AvgIpc) is 2.45. The van der Waals surface area contributed by atoms with E-state index >= 15 is 0 Å². The third-order valence-corrected chi connectivity index (χ3v) is 2.24. The zero-order chi connectivity index (χ0) is 8.81. The van der Waals surface area contributed by atoms with Crippen LogP contribution in [0.3, 0.4) is 0 Å². The molecule has 0 aromatic rings. The second kappa shape index (κ2) is 7.37. The SMILES string of the molecule is CCCCCCN1C=CN(C)C1.[Zn]. The molecule has 0 aliphatic carbocycles. The van der Waals surface area contributed by atoms with E-state index in [1.165, 1.54) is 32.2 Å². The molecule has 0 saturated carbocycles. The van der Waals surface area contributed by atoms with Crippen molar-refractivity contribution in [1.82, 2.24) is 9.80 Å². The van der Waals surface area contributed by atoms with Gasteiger partial charge in [0, 0.05) is 45.5 Å². The number of nitrogens with zero attached hydrogens (tertiary/aromatic N) is 2. The van der Waals surface area contributed by atoms with Gasteiger partial charge in [-0.05, 0) is 6.42 Å². The first kappa shape index (κ1) is 13.0. The van der Waals surface area contributed by atoms with E-state index in [1.807, 2.05) is 0 Å².